The lowest BCUT2D eigenvalue weighted by molar-refractivity contribution is -0.160. The minimum Gasteiger partial charge on any atom is -0.368 e. The molecule has 0 amide bonds. The molecule has 0 aliphatic carbocycles. The molecule has 0 aromatic heterocycles. The van der Waals surface area contributed by atoms with E-state index in [1.165, 1.54) is 0 Å². The van der Waals surface area contributed by atoms with Crippen LogP contribution in [-0.4, -0.2) is 24.8 Å². The molecule has 0 aliphatic rings. The molecule has 1 unspecified atom stereocenters. The topological polar surface area (TPSA) is 38.7 Å². The van der Waals surface area contributed by atoms with Gasteiger partial charge in [-0.3, -0.25) is 0 Å². The van der Waals surface area contributed by atoms with Gasteiger partial charge < -0.3 is 14.6 Å². The molecule has 0 saturated carbocycles. The molecule has 1 N–H and O–H groups in total. The summed E-state index contributed by atoms with van der Waals surface area (Å²) in [6.45, 7) is 4.56. The summed E-state index contributed by atoms with van der Waals surface area (Å²) >= 11 is 0. The maximum Gasteiger partial charge on any atom is 0.154 e. The predicted octanol–water partition coefficient (Wildman–Crippen LogP) is 1.12. The Balaban J connectivity index is 2.77. The number of rotatable bonds is 6. The first-order valence-corrected chi connectivity index (χ1v) is 3.64. The van der Waals surface area contributed by atoms with E-state index in [2.05, 4.69) is 6.92 Å². The van der Waals surface area contributed by atoms with Crippen molar-refractivity contribution in [3.63, 3.8) is 0 Å². The highest BCUT2D eigenvalue weighted by molar-refractivity contribution is 4.28. The molecule has 0 saturated heterocycles. The SMILES string of the molecule is CCCCOCOC(C)O. The minimum atomic E-state index is -0.721. The Bertz CT molecular complexity index is 63.9. The van der Waals surface area contributed by atoms with Gasteiger partial charge in [-0.2, -0.15) is 0 Å². The van der Waals surface area contributed by atoms with E-state index in [0.717, 1.165) is 12.8 Å². The lowest BCUT2D eigenvalue weighted by Crippen LogP contribution is -2.10. The van der Waals surface area contributed by atoms with Crippen LogP contribution in [0.15, 0.2) is 0 Å². The van der Waals surface area contributed by atoms with Gasteiger partial charge in [-0.15, -0.1) is 0 Å². The molecule has 0 heterocycles. The quantitative estimate of drug-likeness (QED) is 0.453. The molecule has 0 fully saturated rings. The van der Waals surface area contributed by atoms with Gasteiger partial charge in [0.2, 0.25) is 0 Å². The van der Waals surface area contributed by atoms with Crippen molar-refractivity contribution in [3.8, 4) is 0 Å². The van der Waals surface area contributed by atoms with Gasteiger partial charge in [0.25, 0.3) is 0 Å². The molecule has 0 bridgehead atoms. The van der Waals surface area contributed by atoms with Crippen LogP contribution in [0.2, 0.25) is 0 Å². The van der Waals surface area contributed by atoms with Gasteiger partial charge in [0.1, 0.15) is 6.79 Å². The van der Waals surface area contributed by atoms with Gasteiger partial charge in [-0.1, -0.05) is 13.3 Å². The Morgan fingerprint density at radius 3 is 2.70 bits per heavy atom. The highest BCUT2D eigenvalue weighted by Crippen LogP contribution is 1.89. The highest BCUT2D eigenvalue weighted by atomic mass is 16.7. The molecule has 0 aromatic rings. The number of aliphatic hydroxyl groups is 1. The molecule has 0 spiro atoms. The van der Waals surface area contributed by atoms with Crippen molar-refractivity contribution in [2.24, 2.45) is 0 Å². The average molecular weight is 148 g/mol. The van der Waals surface area contributed by atoms with E-state index in [1.54, 1.807) is 6.92 Å². The van der Waals surface area contributed by atoms with Crippen LogP contribution in [0.25, 0.3) is 0 Å². The van der Waals surface area contributed by atoms with Crippen molar-refractivity contribution in [3.05, 3.63) is 0 Å². The van der Waals surface area contributed by atoms with Gasteiger partial charge in [-0.05, 0) is 13.3 Å². The number of hydrogen-bond donors (Lipinski definition) is 1. The number of aliphatic hydroxyl groups excluding tert-OH is 1. The summed E-state index contributed by atoms with van der Waals surface area (Å²) in [6, 6.07) is 0. The molecule has 0 aromatic carbocycles. The van der Waals surface area contributed by atoms with E-state index < -0.39 is 6.29 Å². The summed E-state index contributed by atoms with van der Waals surface area (Å²) in [7, 11) is 0. The summed E-state index contributed by atoms with van der Waals surface area (Å²) in [5.74, 6) is 0. The molecule has 3 heteroatoms. The predicted molar refractivity (Wildman–Crippen MR) is 38.5 cm³/mol. The van der Waals surface area contributed by atoms with Crippen LogP contribution in [0.3, 0.4) is 0 Å². The Labute approximate surface area is 62.0 Å². The summed E-state index contributed by atoms with van der Waals surface area (Å²) in [4.78, 5) is 0. The van der Waals surface area contributed by atoms with Crippen LogP contribution in [0, 0.1) is 0 Å². The van der Waals surface area contributed by atoms with Gasteiger partial charge in [0, 0.05) is 6.61 Å². The first kappa shape index (κ1) is 9.88. The van der Waals surface area contributed by atoms with E-state index in [4.69, 9.17) is 14.6 Å². The van der Waals surface area contributed by atoms with Crippen molar-refractivity contribution in [1.82, 2.24) is 0 Å². The minimum absolute atomic E-state index is 0.192. The molecule has 0 aliphatic heterocycles. The number of ether oxygens (including phenoxy) is 2. The molecular formula is C7H16O3. The van der Waals surface area contributed by atoms with Crippen LogP contribution >= 0.6 is 0 Å². The third-order valence-electron chi connectivity index (χ3n) is 1.03. The second-order valence-electron chi connectivity index (χ2n) is 2.15. The molecule has 10 heavy (non-hydrogen) atoms. The maximum absolute atomic E-state index is 8.61. The van der Waals surface area contributed by atoms with E-state index in [0.29, 0.717) is 6.61 Å². The zero-order valence-corrected chi connectivity index (χ0v) is 6.67. The monoisotopic (exact) mass is 148 g/mol. The number of unbranched alkanes of at least 4 members (excludes halogenated alkanes) is 1. The smallest absolute Gasteiger partial charge is 0.154 e. The van der Waals surface area contributed by atoms with Gasteiger partial charge in [0.15, 0.2) is 6.29 Å². The van der Waals surface area contributed by atoms with Crippen LogP contribution in [0.5, 0.6) is 0 Å². The van der Waals surface area contributed by atoms with Crippen LogP contribution in [0.1, 0.15) is 26.7 Å². The van der Waals surface area contributed by atoms with Crippen LogP contribution in [0.4, 0.5) is 0 Å². The zero-order valence-electron chi connectivity index (χ0n) is 6.67. The Morgan fingerprint density at radius 2 is 2.20 bits per heavy atom. The van der Waals surface area contributed by atoms with Crippen molar-refractivity contribution in [1.29, 1.82) is 0 Å². The summed E-state index contributed by atoms with van der Waals surface area (Å²) < 4.78 is 9.72. The molecule has 1 atom stereocenters. The third-order valence-corrected chi connectivity index (χ3v) is 1.03. The fraction of sp³-hybridized carbons (Fsp3) is 1.00. The van der Waals surface area contributed by atoms with Crippen LogP contribution in [-0.2, 0) is 9.47 Å². The first-order valence-electron chi connectivity index (χ1n) is 3.64. The Hall–Kier alpha value is -0.120. The highest BCUT2D eigenvalue weighted by Gasteiger charge is 1.92. The summed E-state index contributed by atoms with van der Waals surface area (Å²) in [5, 5.41) is 8.61. The lowest BCUT2D eigenvalue weighted by atomic mass is 10.4. The summed E-state index contributed by atoms with van der Waals surface area (Å²) in [5.41, 5.74) is 0. The standard InChI is InChI=1S/C7H16O3/c1-3-4-5-9-6-10-7(2)8/h7-8H,3-6H2,1-2H3. The first-order chi connectivity index (χ1) is 4.77. The second-order valence-corrected chi connectivity index (χ2v) is 2.15. The zero-order chi connectivity index (χ0) is 7.82. The molecular weight excluding hydrogens is 132 g/mol. The van der Waals surface area contributed by atoms with Crippen molar-refractivity contribution < 1.29 is 14.6 Å². The van der Waals surface area contributed by atoms with E-state index in [-0.39, 0.29) is 6.79 Å². The van der Waals surface area contributed by atoms with E-state index in [1.807, 2.05) is 0 Å². The molecule has 62 valence electrons. The fourth-order valence-corrected chi connectivity index (χ4v) is 0.452. The van der Waals surface area contributed by atoms with Crippen molar-refractivity contribution in [2.75, 3.05) is 13.4 Å². The normalized spacial score (nSPS) is 13.5. The largest absolute Gasteiger partial charge is 0.368 e. The van der Waals surface area contributed by atoms with Gasteiger partial charge in [-0.25, -0.2) is 0 Å². The second kappa shape index (κ2) is 6.99. The van der Waals surface area contributed by atoms with Crippen molar-refractivity contribution in [2.45, 2.75) is 33.0 Å². The fourth-order valence-electron chi connectivity index (χ4n) is 0.452. The van der Waals surface area contributed by atoms with E-state index in [9.17, 15) is 0 Å². The van der Waals surface area contributed by atoms with E-state index >= 15 is 0 Å². The number of hydrogen-bond acceptors (Lipinski definition) is 3. The molecule has 0 rings (SSSR count). The molecule has 0 radical (unpaired) electrons. The van der Waals surface area contributed by atoms with Gasteiger partial charge >= 0.3 is 0 Å². The lowest BCUT2D eigenvalue weighted by Gasteiger charge is -2.06. The maximum atomic E-state index is 8.61. The van der Waals surface area contributed by atoms with Crippen LogP contribution < -0.4 is 0 Å². The molecule has 3 nitrogen and oxygen atoms in total. The third kappa shape index (κ3) is 7.88. The summed E-state index contributed by atoms with van der Waals surface area (Å²) in [6.07, 6.45) is 1.44. The van der Waals surface area contributed by atoms with Gasteiger partial charge in [0.05, 0.1) is 0 Å². The van der Waals surface area contributed by atoms with Crippen molar-refractivity contribution >= 4 is 0 Å². The Kier molecular flexibility index (Phi) is 6.91. The Morgan fingerprint density at radius 1 is 1.50 bits per heavy atom. The average Bonchev–Trinajstić information content (AvgIpc) is 1.87.